The van der Waals surface area contributed by atoms with Gasteiger partial charge in [0.15, 0.2) is 11.2 Å². The molecule has 2 aliphatic heterocycles. The lowest BCUT2D eigenvalue weighted by atomic mass is 9.43. The molecule has 292 valence electrons. The van der Waals surface area contributed by atoms with Crippen molar-refractivity contribution in [3.05, 3.63) is 163 Å². The number of aromatic nitrogens is 1. The van der Waals surface area contributed by atoms with E-state index in [4.69, 9.17) is 8.83 Å². The molecule has 0 radical (unpaired) electrons. The fraction of sp³-hybridized carbons (Fsp3) is 0.143. The highest BCUT2D eigenvalue weighted by Crippen LogP contribution is 2.51. The van der Waals surface area contributed by atoms with Crippen LogP contribution in [0.3, 0.4) is 0 Å². The third kappa shape index (κ3) is 4.72. The molecule has 4 nitrogen and oxygen atoms in total. The van der Waals surface area contributed by atoms with Gasteiger partial charge in [-0.15, -0.1) is 0 Å². The van der Waals surface area contributed by atoms with Crippen molar-refractivity contribution in [2.75, 3.05) is 4.81 Å². The first-order valence-electron chi connectivity index (χ1n) is 21.5. The van der Waals surface area contributed by atoms with Crippen LogP contribution in [-0.4, -0.2) is 11.4 Å². The number of rotatable bonds is 2. The molecule has 11 aromatic rings. The van der Waals surface area contributed by atoms with Gasteiger partial charge in [-0.25, -0.2) is 0 Å². The number of hydrogen-bond acceptors (Lipinski definition) is 3. The predicted molar refractivity (Wildman–Crippen MR) is 257 cm³/mol. The number of benzene rings is 8. The maximum absolute atomic E-state index is 7.09. The van der Waals surface area contributed by atoms with Crippen molar-refractivity contribution in [3.63, 3.8) is 0 Å². The van der Waals surface area contributed by atoms with Gasteiger partial charge in [0.2, 0.25) is 0 Å². The summed E-state index contributed by atoms with van der Waals surface area (Å²) in [5.41, 5.74) is 19.1. The minimum absolute atomic E-state index is 0.0158. The number of nitrogens with zero attached hydrogens (tertiary/aromatic N) is 2. The summed E-state index contributed by atoms with van der Waals surface area (Å²) in [6, 6.07) is 56.0. The van der Waals surface area contributed by atoms with E-state index in [0.717, 1.165) is 66.5 Å². The maximum Gasteiger partial charge on any atom is 0.333 e. The first kappa shape index (κ1) is 34.8. The summed E-state index contributed by atoms with van der Waals surface area (Å²) in [6.07, 6.45) is 0. The zero-order valence-corrected chi connectivity index (χ0v) is 35.2. The summed E-state index contributed by atoms with van der Waals surface area (Å²) in [5.74, 6) is 0. The van der Waals surface area contributed by atoms with Gasteiger partial charge in [0.1, 0.15) is 11.2 Å². The molecule has 0 unspecified atom stereocenters. The molecule has 0 fully saturated rings. The number of fused-ring (bicyclic) bond motifs is 15. The Morgan fingerprint density at radius 3 is 1.79 bits per heavy atom. The quantitative estimate of drug-likeness (QED) is 0.164. The predicted octanol–water partition coefficient (Wildman–Crippen LogP) is 14.1. The summed E-state index contributed by atoms with van der Waals surface area (Å²) < 4.78 is 16.7. The fourth-order valence-electron chi connectivity index (χ4n) is 10.6. The normalized spacial score (nSPS) is 13.7. The molecule has 0 saturated carbocycles. The Morgan fingerprint density at radius 2 is 1.08 bits per heavy atom. The van der Waals surface area contributed by atoms with Crippen LogP contribution in [0.4, 0.5) is 11.4 Å². The summed E-state index contributed by atoms with van der Waals surface area (Å²) >= 11 is 0. The van der Waals surface area contributed by atoms with Gasteiger partial charge >= 0.3 is 6.85 Å². The highest BCUT2D eigenvalue weighted by Gasteiger charge is 2.47. The Labute approximate surface area is 354 Å². The summed E-state index contributed by atoms with van der Waals surface area (Å²) in [5, 5.41) is 7.03. The fourth-order valence-corrected chi connectivity index (χ4v) is 10.6. The molecule has 5 heterocycles. The van der Waals surface area contributed by atoms with Crippen molar-refractivity contribution in [3.8, 4) is 27.9 Å². The minimum atomic E-state index is -0.208. The molecule has 61 heavy (non-hydrogen) atoms. The SMILES string of the molecule is CC(C)(C)c1ccc2c(c1)c1cc(C(C)(C)C)cc3c1n2-c1c2c(cc4c1oc1ccccc14)-c1ccc4c(oc5ccccc54)c1N(c1ccc(-c4ccccc4)cc1)B23. The van der Waals surface area contributed by atoms with E-state index in [1.54, 1.807) is 0 Å². The second-order valence-corrected chi connectivity index (χ2v) is 19.3. The van der Waals surface area contributed by atoms with E-state index < -0.39 is 0 Å². The van der Waals surface area contributed by atoms with E-state index in [1.807, 2.05) is 0 Å². The van der Waals surface area contributed by atoms with Gasteiger partial charge in [0.05, 0.1) is 22.4 Å². The molecule has 13 rings (SSSR count). The molecule has 0 N–H and O–H groups in total. The lowest BCUT2D eigenvalue weighted by Gasteiger charge is -2.42. The smallest absolute Gasteiger partial charge is 0.333 e. The largest absolute Gasteiger partial charge is 0.454 e. The van der Waals surface area contributed by atoms with Crippen LogP contribution in [0.5, 0.6) is 0 Å². The second kappa shape index (κ2) is 11.9. The van der Waals surface area contributed by atoms with E-state index in [9.17, 15) is 0 Å². The number of furan rings is 2. The Balaban J connectivity index is 1.24. The molecule has 0 saturated heterocycles. The van der Waals surface area contributed by atoms with Crippen molar-refractivity contribution in [1.82, 2.24) is 4.57 Å². The van der Waals surface area contributed by atoms with Crippen LogP contribution in [0.2, 0.25) is 0 Å². The van der Waals surface area contributed by atoms with Crippen molar-refractivity contribution in [2.24, 2.45) is 0 Å². The van der Waals surface area contributed by atoms with Crippen LogP contribution in [0.25, 0.3) is 93.6 Å². The summed E-state index contributed by atoms with van der Waals surface area (Å²) in [6.45, 7) is 13.8. The molecule has 0 atom stereocenters. The van der Waals surface area contributed by atoms with Gasteiger partial charge in [-0.2, -0.15) is 0 Å². The van der Waals surface area contributed by atoms with Crippen molar-refractivity contribution in [1.29, 1.82) is 0 Å². The van der Waals surface area contributed by atoms with E-state index in [1.165, 1.54) is 60.5 Å². The molecule has 0 aliphatic carbocycles. The van der Waals surface area contributed by atoms with Gasteiger partial charge in [-0.3, -0.25) is 0 Å². The number of para-hydroxylation sites is 2. The standard InChI is InChI=1S/C56H43BN2O2/c1-55(2,3)34-22-27-46-41(28-34)43-29-35(56(4,5)6)30-45-50(43)58(46)52-49-42(31-44-38-17-11-13-19-48(38)61-54(44)52)39-25-26-40-37-16-10-12-18-47(37)60-53(40)51(39)59(57(45)49)36-23-20-33(21-24-36)32-14-8-7-9-15-32/h7-31H,1-6H3. The molecule has 5 heteroatoms. The molecular formula is C56H43BN2O2. The van der Waals surface area contributed by atoms with E-state index >= 15 is 0 Å². The molecule has 0 amide bonds. The Morgan fingerprint density at radius 1 is 0.459 bits per heavy atom. The average Bonchev–Trinajstić information content (AvgIpc) is 3.94. The van der Waals surface area contributed by atoms with E-state index in [0.29, 0.717) is 0 Å². The van der Waals surface area contributed by atoms with Crippen LogP contribution in [-0.2, 0) is 10.8 Å². The zero-order valence-electron chi connectivity index (χ0n) is 35.2. The van der Waals surface area contributed by atoms with Crippen molar-refractivity contribution in [2.45, 2.75) is 52.4 Å². The van der Waals surface area contributed by atoms with Crippen LogP contribution < -0.4 is 15.7 Å². The van der Waals surface area contributed by atoms with Gasteiger partial charge < -0.3 is 18.2 Å². The van der Waals surface area contributed by atoms with Gasteiger partial charge in [0, 0.05) is 43.6 Å². The zero-order chi connectivity index (χ0) is 41.1. The molecule has 8 aromatic carbocycles. The molecule has 0 bridgehead atoms. The minimum Gasteiger partial charge on any atom is -0.454 e. The second-order valence-electron chi connectivity index (χ2n) is 19.3. The van der Waals surface area contributed by atoms with E-state index in [2.05, 4.69) is 203 Å². The number of hydrogen-bond donors (Lipinski definition) is 0. The first-order valence-corrected chi connectivity index (χ1v) is 21.5. The lowest BCUT2D eigenvalue weighted by Crippen LogP contribution is -2.60. The van der Waals surface area contributed by atoms with Crippen LogP contribution >= 0.6 is 0 Å². The molecular weight excluding hydrogens is 743 g/mol. The third-order valence-corrected chi connectivity index (χ3v) is 13.7. The lowest BCUT2D eigenvalue weighted by molar-refractivity contribution is 0.590. The topological polar surface area (TPSA) is 34.5 Å². The summed E-state index contributed by atoms with van der Waals surface area (Å²) in [7, 11) is 0. The van der Waals surface area contributed by atoms with Crippen LogP contribution in [0.15, 0.2) is 160 Å². The van der Waals surface area contributed by atoms with Crippen LogP contribution in [0.1, 0.15) is 52.7 Å². The highest BCUT2D eigenvalue weighted by atomic mass is 16.3. The van der Waals surface area contributed by atoms with Gasteiger partial charge in [-0.05, 0) is 104 Å². The molecule has 3 aromatic heterocycles. The molecule has 2 aliphatic rings. The molecule has 0 spiro atoms. The first-order chi connectivity index (χ1) is 29.5. The van der Waals surface area contributed by atoms with Crippen LogP contribution in [0, 0.1) is 0 Å². The average molecular weight is 787 g/mol. The highest BCUT2D eigenvalue weighted by molar-refractivity contribution is 6.94. The van der Waals surface area contributed by atoms with Crippen molar-refractivity contribution >= 4 is 94.8 Å². The Bertz CT molecular complexity index is 3670. The maximum atomic E-state index is 7.09. The Kier molecular flexibility index (Phi) is 6.77. The summed E-state index contributed by atoms with van der Waals surface area (Å²) in [4.78, 5) is 2.60. The van der Waals surface area contributed by atoms with Gasteiger partial charge in [0.25, 0.3) is 0 Å². The monoisotopic (exact) mass is 786 g/mol. The third-order valence-electron chi connectivity index (χ3n) is 13.7. The van der Waals surface area contributed by atoms with Crippen molar-refractivity contribution < 1.29 is 8.83 Å². The number of anilines is 2. The van der Waals surface area contributed by atoms with Gasteiger partial charge in [-0.1, -0.05) is 139 Å². The Hall–Kier alpha value is -6.98. The van der Waals surface area contributed by atoms with E-state index in [-0.39, 0.29) is 17.7 Å².